The van der Waals surface area contributed by atoms with E-state index in [1.165, 1.54) is 12.1 Å². The minimum atomic E-state index is -1.32. The Kier molecular flexibility index (Phi) is 6.21. The Morgan fingerprint density at radius 1 is 0.833 bits per heavy atom. The molecule has 0 fully saturated rings. The number of rotatable bonds is 6. The maximum Gasteiger partial charge on any atom is 0.147 e. The predicted octanol–water partition coefficient (Wildman–Crippen LogP) is 5.90. The zero-order valence-electron chi connectivity index (χ0n) is 12.8. The molecule has 0 N–H and O–H groups in total. The minimum Gasteiger partial charge on any atom is -0.207 e. The second-order valence-electron chi connectivity index (χ2n) is 5.61. The molecule has 0 bridgehead atoms. The highest BCUT2D eigenvalue weighted by Gasteiger charge is 2.36. The number of hydrogen-bond acceptors (Lipinski definition) is 2. The fourth-order valence-electron chi connectivity index (χ4n) is 2.47. The zero-order chi connectivity index (χ0) is 17.6. The zero-order valence-corrected chi connectivity index (χ0v) is 14.3. The standard InChI is InChI=1S/C19H15Cl2FN2/c20-17(14-4-2-1-3-5-14)10-19(12-23,13-24)11-18(21)15-6-8-16(22)9-7-15/h1-9,17-18H,10-11H2. The number of halogens is 3. The van der Waals surface area contributed by atoms with Crippen molar-refractivity contribution in [2.24, 2.45) is 5.41 Å². The van der Waals surface area contributed by atoms with Crippen molar-refractivity contribution >= 4 is 23.2 Å². The van der Waals surface area contributed by atoms with Crippen LogP contribution in [0.25, 0.3) is 0 Å². The first-order valence-electron chi connectivity index (χ1n) is 7.41. The van der Waals surface area contributed by atoms with Gasteiger partial charge in [-0.2, -0.15) is 10.5 Å². The number of hydrogen-bond donors (Lipinski definition) is 0. The number of nitrogens with zero attached hydrogens (tertiary/aromatic N) is 2. The molecule has 2 aromatic rings. The van der Waals surface area contributed by atoms with Crippen LogP contribution >= 0.6 is 23.2 Å². The summed E-state index contributed by atoms with van der Waals surface area (Å²) in [5, 5.41) is 18.1. The first-order chi connectivity index (χ1) is 11.5. The van der Waals surface area contributed by atoms with Gasteiger partial charge in [0.05, 0.1) is 22.9 Å². The Morgan fingerprint density at radius 3 is 1.75 bits per heavy atom. The highest BCUT2D eigenvalue weighted by molar-refractivity contribution is 6.21. The van der Waals surface area contributed by atoms with Crippen LogP contribution in [0.4, 0.5) is 4.39 Å². The van der Waals surface area contributed by atoms with E-state index in [2.05, 4.69) is 12.1 Å². The molecule has 2 rings (SSSR count). The van der Waals surface area contributed by atoms with Crippen LogP contribution in [0.1, 0.15) is 34.7 Å². The average molecular weight is 361 g/mol. The highest BCUT2D eigenvalue weighted by Crippen LogP contribution is 2.42. The van der Waals surface area contributed by atoms with Gasteiger partial charge >= 0.3 is 0 Å². The summed E-state index contributed by atoms with van der Waals surface area (Å²) >= 11 is 12.8. The molecule has 0 spiro atoms. The molecule has 0 amide bonds. The fraction of sp³-hybridized carbons (Fsp3) is 0.263. The molecule has 0 radical (unpaired) electrons. The van der Waals surface area contributed by atoms with E-state index in [0.717, 1.165) is 5.56 Å². The van der Waals surface area contributed by atoms with Crippen LogP contribution in [-0.2, 0) is 0 Å². The molecular weight excluding hydrogens is 346 g/mol. The molecule has 0 aromatic heterocycles. The van der Waals surface area contributed by atoms with Crippen molar-refractivity contribution in [2.45, 2.75) is 23.6 Å². The molecule has 24 heavy (non-hydrogen) atoms. The Morgan fingerprint density at radius 2 is 1.29 bits per heavy atom. The van der Waals surface area contributed by atoms with E-state index >= 15 is 0 Å². The van der Waals surface area contributed by atoms with Crippen molar-refractivity contribution in [1.82, 2.24) is 0 Å². The summed E-state index contributed by atoms with van der Waals surface area (Å²) < 4.78 is 13.0. The third-order valence-corrected chi connectivity index (χ3v) is 4.69. The van der Waals surface area contributed by atoms with Crippen molar-refractivity contribution in [1.29, 1.82) is 10.5 Å². The van der Waals surface area contributed by atoms with Crippen molar-refractivity contribution in [3.05, 3.63) is 71.5 Å². The molecular formula is C19H15Cl2FN2. The summed E-state index contributed by atoms with van der Waals surface area (Å²) in [6.07, 6.45) is 0.277. The van der Waals surface area contributed by atoms with Gasteiger partial charge in [-0.05, 0) is 36.1 Å². The fourth-order valence-corrected chi connectivity index (χ4v) is 3.29. The van der Waals surface area contributed by atoms with E-state index < -0.39 is 16.2 Å². The molecule has 0 heterocycles. The summed E-state index contributed by atoms with van der Waals surface area (Å²) in [7, 11) is 0. The molecule has 0 saturated heterocycles. The molecule has 2 aromatic carbocycles. The van der Waals surface area contributed by atoms with Gasteiger partial charge in [0, 0.05) is 0 Å². The number of alkyl halides is 2. The van der Waals surface area contributed by atoms with Crippen molar-refractivity contribution in [2.75, 3.05) is 0 Å². The molecule has 2 atom stereocenters. The van der Waals surface area contributed by atoms with Gasteiger partial charge in [-0.25, -0.2) is 4.39 Å². The maximum atomic E-state index is 13.0. The largest absolute Gasteiger partial charge is 0.207 e. The predicted molar refractivity (Wildman–Crippen MR) is 92.9 cm³/mol. The molecule has 0 aliphatic rings. The summed E-state index contributed by atoms with van der Waals surface area (Å²) in [4.78, 5) is 0. The summed E-state index contributed by atoms with van der Waals surface area (Å²) in [6, 6.07) is 19.2. The SMILES string of the molecule is N#CC(C#N)(CC(Cl)c1ccccc1)CC(Cl)c1ccc(F)cc1. The number of nitriles is 2. The lowest BCUT2D eigenvalue weighted by Gasteiger charge is -2.24. The Bertz CT molecular complexity index is 734. The minimum absolute atomic E-state index is 0.114. The third-order valence-electron chi connectivity index (χ3n) is 3.88. The summed E-state index contributed by atoms with van der Waals surface area (Å²) in [6.45, 7) is 0. The summed E-state index contributed by atoms with van der Waals surface area (Å²) in [5.41, 5.74) is 0.198. The van der Waals surface area contributed by atoms with Crippen molar-refractivity contribution in [3.63, 3.8) is 0 Å². The van der Waals surface area contributed by atoms with Gasteiger partial charge in [-0.1, -0.05) is 42.5 Å². The smallest absolute Gasteiger partial charge is 0.147 e. The van der Waals surface area contributed by atoms with Gasteiger partial charge in [0.1, 0.15) is 11.2 Å². The molecule has 0 saturated carbocycles. The maximum absolute atomic E-state index is 13.0. The summed E-state index contributed by atoms with van der Waals surface area (Å²) in [5.74, 6) is -0.362. The first-order valence-corrected chi connectivity index (χ1v) is 8.28. The van der Waals surface area contributed by atoms with Crippen LogP contribution in [0.2, 0.25) is 0 Å². The third kappa shape index (κ3) is 4.48. The molecule has 0 aliphatic carbocycles. The van der Waals surface area contributed by atoms with E-state index in [1.54, 1.807) is 12.1 Å². The van der Waals surface area contributed by atoms with Gasteiger partial charge < -0.3 is 0 Å². The van der Waals surface area contributed by atoms with Gasteiger partial charge in [0.25, 0.3) is 0 Å². The molecule has 5 heteroatoms. The molecule has 0 aliphatic heterocycles. The monoisotopic (exact) mass is 360 g/mol. The average Bonchev–Trinajstić information content (AvgIpc) is 2.62. The second kappa shape index (κ2) is 8.15. The lowest BCUT2D eigenvalue weighted by Crippen LogP contribution is -2.20. The Hall–Kier alpha value is -2.07. The Balaban J connectivity index is 2.17. The van der Waals surface area contributed by atoms with Gasteiger partial charge in [0.2, 0.25) is 0 Å². The molecule has 2 unspecified atom stereocenters. The van der Waals surface area contributed by atoms with Crippen molar-refractivity contribution < 1.29 is 4.39 Å². The van der Waals surface area contributed by atoms with E-state index in [1.807, 2.05) is 30.3 Å². The highest BCUT2D eigenvalue weighted by atomic mass is 35.5. The quantitative estimate of drug-likeness (QED) is 0.602. The van der Waals surface area contributed by atoms with E-state index in [0.29, 0.717) is 5.56 Å². The van der Waals surface area contributed by atoms with Gasteiger partial charge in [0.15, 0.2) is 0 Å². The van der Waals surface area contributed by atoms with Crippen LogP contribution in [0, 0.1) is 33.9 Å². The topological polar surface area (TPSA) is 47.6 Å². The van der Waals surface area contributed by atoms with Crippen LogP contribution in [0.5, 0.6) is 0 Å². The van der Waals surface area contributed by atoms with Gasteiger partial charge in [-0.3, -0.25) is 0 Å². The number of benzene rings is 2. The normalized spacial score (nSPS) is 13.5. The lowest BCUT2D eigenvalue weighted by molar-refractivity contribution is 0.427. The lowest BCUT2D eigenvalue weighted by atomic mass is 9.79. The van der Waals surface area contributed by atoms with E-state index in [4.69, 9.17) is 23.2 Å². The van der Waals surface area contributed by atoms with Crippen LogP contribution < -0.4 is 0 Å². The molecule has 122 valence electrons. The Labute approximate surface area is 151 Å². The van der Waals surface area contributed by atoms with Gasteiger partial charge in [-0.15, -0.1) is 23.2 Å². The first kappa shape index (κ1) is 18.3. The van der Waals surface area contributed by atoms with E-state index in [9.17, 15) is 14.9 Å². The van der Waals surface area contributed by atoms with E-state index in [-0.39, 0.29) is 18.7 Å². The van der Waals surface area contributed by atoms with Crippen LogP contribution in [0.3, 0.4) is 0 Å². The van der Waals surface area contributed by atoms with Crippen molar-refractivity contribution in [3.8, 4) is 12.1 Å². The molecule has 2 nitrogen and oxygen atoms in total. The van der Waals surface area contributed by atoms with Crippen LogP contribution in [-0.4, -0.2) is 0 Å². The second-order valence-corrected chi connectivity index (χ2v) is 6.66. The van der Waals surface area contributed by atoms with Crippen LogP contribution in [0.15, 0.2) is 54.6 Å².